The van der Waals surface area contributed by atoms with Gasteiger partial charge in [0, 0.05) is 11.4 Å². The summed E-state index contributed by atoms with van der Waals surface area (Å²) in [6.07, 6.45) is 0. The van der Waals surface area contributed by atoms with Crippen LogP contribution in [-0.2, 0) is 4.79 Å². The molecule has 5 nitrogen and oxygen atoms in total. The summed E-state index contributed by atoms with van der Waals surface area (Å²) >= 11 is 0. The van der Waals surface area contributed by atoms with Crippen LogP contribution < -0.4 is 10.6 Å². The first-order valence-electron chi connectivity index (χ1n) is 10.00. The fraction of sp³-hybridized carbons (Fsp3) is 0.120. The number of rotatable bonds is 3. The molecule has 0 spiro atoms. The highest BCUT2D eigenvalue weighted by molar-refractivity contribution is 6.06. The van der Waals surface area contributed by atoms with E-state index in [0.717, 1.165) is 39.5 Å². The molecule has 1 amide bonds. The summed E-state index contributed by atoms with van der Waals surface area (Å²) in [6, 6.07) is 25.7. The summed E-state index contributed by atoms with van der Waals surface area (Å²) < 4.78 is 2.12. The number of nitrogens with zero attached hydrogens (tertiary/aromatic N) is 2. The van der Waals surface area contributed by atoms with Gasteiger partial charge in [0.25, 0.3) is 5.91 Å². The van der Waals surface area contributed by atoms with Gasteiger partial charge < -0.3 is 10.6 Å². The number of fused-ring (bicyclic) bond motifs is 3. The number of para-hydroxylation sites is 3. The van der Waals surface area contributed by atoms with E-state index in [1.807, 2.05) is 80.6 Å². The Hall–Kier alpha value is -3.86. The number of nitrogens with one attached hydrogen (secondary N) is 2. The SMILES string of the molecule is CC1=C(C(=O)Nc2ccccc2C)C(c2ccccc2)n2c(nc3ccccc32)N1. The van der Waals surface area contributed by atoms with Gasteiger partial charge in [0.05, 0.1) is 22.6 Å². The van der Waals surface area contributed by atoms with Crippen LogP contribution in [0.25, 0.3) is 11.0 Å². The number of imidazole rings is 1. The van der Waals surface area contributed by atoms with E-state index in [4.69, 9.17) is 4.98 Å². The van der Waals surface area contributed by atoms with E-state index in [1.54, 1.807) is 0 Å². The molecule has 2 N–H and O–H groups in total. The van der Waals surface area contributed by atoms with Crippen LogP contribution in [0.5, 0.6) is 0 Å². The molecule has 148 valence electrons. The Balaban J connectivity index is 1.67. The molecule has 5 heteroatoms. The van der Waals surface area contributed by atoms with Gasteiger partial charge in [0.1, 0.15) is 0 Å². The van der Waals surface area contributed by atoms with E-state index < -0.39 is 0 Å². The van der Waals surface area contributed by atoms with Crippen LogP contribution in [0.4, 0.5) is 11.6 Å². The molecule has 0 aliphatic carbocycles. The van der Waals surface area contributed by atoms with E-state index in [-0.39, 0.29) is 11.9 Å². The van der Waals surface area contributed by atoms with Crippen LogP contribution in [0.2, 0.25) is 0 Å². The topological polar surface area (TPSA) is 59.0 Å². The lowest BCUT2D eigenvalue weighted by atomic mass is 9.94. The smallest absolute Gasteiger partial charge is 0.255 e. The Morgan fingerprint density at radius 2 is 1.63 bits per heavy atom. The van der Waals surface area contributed by atoms with Gasteiger partial charge in [0.15, 0.2) is 0 Å². The molecule has 3 aromatic carbocycles. The van der Waals surface area contributed by atoms with Crippen molar-refractivity contribution in [2.24, 2.45) is 0 Å². The predicted octanol–water partition coefficient (Wildman–Crippen LogP) is 5.27. The maximum Gasteiger partial charge on any atom is 0.255 e. The van der Waals surface area contributed by atoms with Crippen LogP contribution in [-0.4, -0.2) is 15.5 Å². The summed E-state index contributed by atoms with van der Waals surface area (Å²) in [6.45, 7) is 3.93. The Bertz CT molecular complexity index is 1290. The van der Waals surface area contributed by atoms with Gasteiger partial charge in [-0.1, -0.05) is 60.7 Å². The Morgan fingerprint density at radius 1 is 0.933 bits per heavy atom. The molecule has 4 aromatic rings. The normalized spacial score (nSPS) is 15.6. The molecule has 0 bridgehead atoms. The molecule has 0 saturated carbocycles. The summed E-state index contributed by atoms with van der Waals surface area (Å²) in [4.78, 5) is 18.3. The number of hydrogen-bond donors (Lipinski definition) is 2. The van der Waals surface area contributed by atoms with Crippen molar-refractivity contribution >= 4 is 28.6 Å². The van der Waals surface area contributed by atoms with Gasteiger partial charge in [0.2, 0.25) is 5.95 Å². The van der Waals surface area contributed by atoms with Crippen molar-refractivity contribution in [2.75, 3.05) is 10.6 Å². The Kier molecular flexibility index (Phi) is 4.36. The standard InChI is InChI=1S/C25H22N4O/c1-16-10-6-7-13-19(16)27-24(30)22-17(2)26-25-28-20-14-8-9-15-21(20)29(25)23(22)18-11-4-3-5-12-18/h3-15,23H,1-2H3,(H,26,28)(H,27,30). The van der Waals surface area contributed by atoms with Crippen LogP contribution in [0.15, 0.2) is 90.1 Å². The van der Waals surface area contributed by atoms with Crippen molar-refractivity contribution in [3.8, 4) is 0 Å². The molecule has 1 unspecified atom stereocenters. The number of benzene rings is 3. The minimum atomic E-state index is -0.279. The van der Waals surface area contributed by atoms with E-state index in [9.17, 15) is 4.79 Å². The summed E-state index contributed by atoms with van der Waals surface area (Å²) in [5.41, 5.74) is 6.25. The van der Waals surface area contributed by atoms with Gasteiger partial charge >= 0.3 is 0 Å². The van der Waals surface area contributed by atoms with Crippen molar-refractivity contribution < 1.29 is 4.79 Å². The largest absolute Gasteiger partial charge is 0.329 e. The minimum absolute atomic E-state index is 0.119. The fourth-order valence-electron chi connectivity index (χ4n) is 4.11. The number of hydrogen-bond acceptors (Lipinski definition) is 3. The highest BCUT2D eigenvalue weighted by atomic mass is 16.1. The molecule has 0 fully saturated rings. The summed E-state index contributed by atoms with van der Waals surface area (Å²) in [5.74, 6) is 0.626. The number of carbonyl (C=O) groups excluding carboxylic acids is 1. The highest BCUT2D eigenvalue weighted by Crippen LogP contribution is 2.39. The first kappa shape index (κ1) is 18.2. The van der Waals surface area contributed by atoms with Gasteiger partial charge in [-0.2, -0.15) is 0 Å². The van der Waals surface area contributed by atoms with Gasteiger partial charge in [-0.15, -0.1) is 0 Å². The van der Waals surface area contributed by atoms with Crippen molar-refractivity contribution in [3.05, 3.63) is 101 Å². The summed E-state index contributed by atoms with van der Waals surface area (Å²) in [7, 11) is 0. The molecule has 0 saturated heterocycles. The minimum Gasteiger partial charge on any atom is -0.329 e. The zero-order valence-corrected chi connectivity index (χ0v) is 16.9. The third kappa shape index (κ3) is 2.95. The first-order chi connectivity index (χ1) is 14.6. The number of anilines is 2. The highest BCUT2D eigenvalue weighted by Gasteiger charge is 2.34. The zero-order chi connectivity index (χ0) is 20.7. The van der Waals surface area contributed by atoms with Crippen LogP contribution in [0, 0.1) is 6.92 Å². The molecule has 1 atom stereocenters. The molecular weight excluding hydrogens is 372 g/mol. The van der Waals surface area contributed by atoms with Gasteiger partial charge in [-0.3, -0.25) is 9.36 Å². The van der Waals surface area contributed by atoms with Crippen molar-refractivity contribution in [3.63, 3.8) is 0 Å². The second-order valence-corrected chi connectivity index (χ2v) is 7.54. The average Bonchev–Trinajstić information content (AvgIpc) is 3.12. The second-order valence-electron chi connectivity index (χ2n) is 7.54. The molecule has 2 heterocycles. The third-order valence-electron chi connectivity index (χ3n) is 5.58. The second kappa shape index (κ2) is 7.19. The van der Waals surface area contributed by atoms with Crippen LogP contribution >= 0.6 is 0 Å². The van der Waals surface area contributed by atoms with Crippen molar-refractivity contribution in [1.29, 1.82) is 0 Å². The lowest BCUT2D eigenvalue weighted by Crippen LogP contribution is -2.31. The molecule has 30 heavy (non-hydrogen) atoms. The Morgan fingerprint density at radius 3 is 2.43 bits per heavy atom. The lowest BCUT2D eigenvalue weighted by Gasteiger charge is -2.30. The molecule has 1 aliphatic rings. The number of aryl methyl sites for hydroxylation is 1. The number of amides is 1. The van der Waals surface area contributed by atoms with Crippen molar-refractivity contribution in [2.45, 2.75) is 19.9 Å². The van der Waals surface area contributed by atoms with Crippen molar-refractivity contribution in [1.82, 2.24) is 9.55 Å². The lowest BCUT2D eigenvalue weighted by molar-refractivity contribution is -0.113. The molecule has 0 radical (unpaired) electrons. The molecule has 1 aromatic heterocycles. The molecule has 1 aliphatic heterocycles. The van der Waals surface area contributed by atoms with Crippen LogP contribution in [0.3, 0.4) is 0 Å². The predicted molar refractivity (Wildman–Crippen MR) is 120 cm³/mol. The average molecular weight is 394 g/mol. The Labute approximate surface area is 175 Å². The number of carbonyl (C=O) groups is 1. The monoisotopic (exact) mass is 394 g/mol. The quantitative estimate of drug-likeness (QED) is 0.497. The van der Waals surface area contributed by atoms with Gasteiger partial charge in [-0.25, -0.2) is 4.98 Å². The molecule has 5 rings (SSSR count). The number of allylic oxidation sites excluding steroid dienone is 1. The summed E-state index contributed by atoms with van der Waals surface area (Å²) in [5, 5.41) is 6.46. The van der Waals surface area contributed by atoms with Crippen LogP contribution in [0.1, 0.15) is 24.1 Å². The van der Waals surface area contributed by atoms with E-state index in [1.165, 1.54) is 0 Å². The van der Waals surface area contributed by atoms with E-state index in [2.05, 4.69) is 27.3 Å². The zero-order valence-electron chi connectivity index (χ0n) is 16.9. The third-order valence-corrected chi connectivity index (χ3v) is 5.58. The fourth-order valence-corrected chi connectivity index (χ4v) is 4.11. The van der Waals surface area contributed by atoms with Gasteiger partial charge in [-0.05, 0) is 43.2 Å². The van der Waals surface area contributed by atoms with E-state index in [0.29, 0.717) is 5.57 Å². The van der Waals surface area contributed by atoms with E-state index >= 15 is 0 Å². The maximum absolute atomic E-state index is 13.5. The first-order valence-corrected chi connectivity index (χ1v) is 10.00. The maximum atomic E-state index is 13.5. The number of aromatic nitrogens is 2. The molecular formula is C25H22N4O.